The first-order chi connectivity index (χ1) is 14.3. The lowest BCUT2D eigenvalue weighted by Gasteiger charge is -2.35. The van der Waals surface area contributed by atoms with Crippen LogP contribution in [-0.4, -0.2) is 35.0 Å². The Morgan fingerprint density at radius 3 is 2.63 bits per heavy atom. The first-order valence-corrected chi connectivity index (χ1v) is 10.9. The molecule has 0 saturated carbocycles. The number of pyridine rings is 1. The third-order valence-corrected chi connectivity index (χ3v) is 6.44. The van der Waals surface area contributed by atoms with Crippen molar-refractivity contribution in [2.45, 2.75) is 39.6 Å². The molecular formula is C22H27N7S. The Hall–Kier alpha value is -2.87. The van der Waals surface area contributed by atoms with Crippen LogP contribution in [0.15, 0.2) is 48.4 Å². The average molecular weight is 422 g/mol. The molecule has 1 atom stereocenters. The van der Waals surface area contributed by atoms with Crippen LogP contribution in [-0.2, 0) is 13.6 Å². The van der Waals surface area contributed by atoms with Crippen molar-refractivity contribution in [3.8, 4) is 11.4 Å². The number of nitrogens with one attached hydrogen (secondary N) is 1. The van der Waals surface area contributed by atoms with Crippen molar-refractivity contribution in [2.75, 3.05) is 5.32 Å². The summed E-state index contributed by atoms with van der Waals surface area (Å²) in [7, 11) is 1.87. The maximum Gasteiger partial charge on any atom is 0.227 e. The summed E-state index contributed by atoms with van der Waals surface area (Å²) in [6.07, 6.45) is 7.55. The van der Waals surface area contributed by atoms with Crippen molar-refractivity contribution in [1.29, 1.82) is 0 Å². The Balaban J connectivity index is 1.52. The highest BCUT2D eigenvalue weighted by atomic mass is 32.2. The fourth-order valence-corrected chi connectivity index (χ4v) is 4.54. The fraction of sp³-hybridized carbons (Fsp3) is 0.364. The van der Waals surface area contributed by atoms with Gasteiger partial charge in [-0.05, 0) is 35.4 Å². The summed E-state index contributed by atoms with van der Waals surface area (Å²) in [4.78, 5) is 16.2. The minimum Gasteiger partial charge on any atom is -0.360 e. The van der Waals surface area contributed by atoms with Gasteiger partial charge in [-0.2, -0.15) is 5.10 Å². The zero-order valence-corrected chi connectivity index (χ0v) is 18.8. The van der Waals surface area contributed by atoms with Crippen LogP contribution in [0.4, 0.5) is 11.6 Å². The molecule has 1 aliphatic heterocycles. The van der Waals surface area contributed by atoms with Crippen molar-refractivity contribution < 1.29 is 0 Å². The van der Waals surface area contributed by atoms with E-state index in [1.807, 2.05) is 37.1 Å². The third-order valence-electron chi connectivity index (χ3n) is 4.93. The molecule has 0 spiro atoms. The van der Waals surface area contributed by atoms with Gasteiger partial charge in [-0.15, -0.1) is 11.8 Å². The molecular weight excluding hydrogens is 394 g/mol. The predicted molar refractivity (Wildman–Crippen MR) is 122 cm³/mol. The molecule has 4 rings (SSSR count). The van der Waals surface area contributed by atoms with Crippen LogP contribution in [0, 0.1) is 12.3 Å². The van der Waals surface area contributed by atoms with Gasteiger partial charge in [0.25, 0.3) is 0 Å². The lowest BCUT2D eigenvalue weighted by molar-refractivity contribution is 0.220. The standard InChI is InChI=1S/C22H27N7S/c1-15-16(13-29-10-11-30-20(29)22(2,3)4)6-7-18(25-15)19-8-9-23-21(27-19)26-17-12-24-28(5)14-17/h6-12,14,20H,13H2,1-5H3,(H,23,26,27). The molecule has 7 nitrogen and oxygen atoms in total. The molecule has 0 radical (unpaired) electrons. The zero-order chi connectivity index (χ0) is 21.3. The van der Waals surface area contributed by atoms with E-state index in [2.05, 4.69) is 70.7 Å². The van der Waals surface area contributed by atoms with E-state index in [0.29, 0.717) is 11.3 Å². The zero-order valence-electron chi connectivity index (χ0n) is 18.0. The highest BCUT2D eigenvalue weighted by Gasteiger charge is 2.31. The Labute approximate surface area is 181 Å². The van der Waals surface area contributed by atoms with Crippen LogP contribution < -0.4 is 5.32 Å². The highest BCUT2D eigenvalue weighted by Crippen LogP contribution is 2.39. The topological polar surface area (TPSA) is 71.8 Å². The van der Waals surface area contributed by atoms with Crippen molar-refractivity contribution >= 4 is 23.4 Å². The third kappa shape index (κ3) is 4.48. The summed E-state index contributed by atoms with van der Waals surface area (Å²) in [5.41, 5.74) is 4.92. The highest BCUT2D eigenvalue weighted by molar-refractivity contribution is 8.02. The number of aromatic nitrogens is 5. The molecule has 1 N–H and O–H groups in total. The maximum atomic E-state index is 4.83. The first-order valence-electron chi connectivity index (χ1n) is 9.93. The number of hydrogen-bond acceptors (Lipinski definition) is 7. The lowest BCUT2D eigenvalue weighted by atomic mass is 9.95. The van der Waals surface area contributed by atoms with E-state index in [1.165, 1.54) is 5.56 Å². The van der Waals surface area contributed by atoms with Crippen LogP contribution in [0.5, 0.6) is 0 Å². The summed E-state index contributed by atoms with van der Waals surface area (Å²) in [6, 6.07) is 6.08. The molecule has 30 heavy (non-hydrogen) atoms. The van der Waals surface area contributed by atoms with Crippen LogP contribution in [0.25, 0.3) is 11.4 Å². The van der Waals surface area contributed by atoms with Crippen LogP contribution >= 0.6 is 11.8 Å². The van der Waals surface area contributed by atoms with E-state index in [4.69, 9.17) is 4.98 Å². The van der Waals surface area contributed by atoms with Gasteiger partial charge in [0.05, 0.1) is 28.6 Å². The van der Waals surface area contributed by atoms with E-state index in [1.54, 1.807) is 17.1 Å². The lowest BCUT2D eigenvalue weighted by Crippen LogP contribution is -2.35. The van der Waals surface area contributed by atoms with Gasteiger partial charge < -0.3 is 10.2 Å². The summed E-state index contributed by atoms with van der Waals surface area (Å²) >= 11 is 1.88. The monoisotopic (exact) mass is 421 g/mol. The molecule has 1 aliphatic rings. The van der Waals surface area contributed by atoms with Gasteiger partial charge in [0.1, 0.15) is 0 Å². The number of rotatable bonds is 5. The molecule has 0 amide bonds. The Morgan fingerprint density at radius 2 is 1.93 bits per heavy atom. The van der Waals surface area contributed by atoms with Crippen molar-refractivity contribution in [3.63, 3.8) is 0 Å². The van der Waals surface area contributed by atoms with Gasteiger partial charge in [-0.25, -0.2) is 9.97 Å². The summed E-state index contributed by atoms with van der Waals surface area (Å²) in [6.45, 7) is 9.76. The number of aryl methyl sites for hydroxylation is 2. The average Bonchev–Trinajstić information content (AvgIpc) is 3.32. The van der Waals surface area contributed by atoms with E-state index in [9.17, 15) is 0 Å². The van der Waals surface area contributed by atoms with Gasteiger partial charge in [0, 0.05) is 37.9 Å². The first kappa shape index (κ1) is 20.4. The molecule has 0 aliphatic carbocycles. The van der Waals surface area contributed by atoms with Crippen molar-refractivity contribution in [1.82, 2.24) is 29.6 Å². The Kier molecular flexibility index (Phi) is 5.51. The summed E-state index contributed by atoms with van der Waals surface area (Å²) in [5, 5.41) is 9.95. The molecule has 1 unspecified atom stereocenters. The smallest absolute Gasteiger partial charge is 0.227 e. The quantitative estimate of drug-likeness (QED) is 0.639. The molecule has 0 bridgehead atoms. The Morgan fingerprint density at radius 1 is 1.13 bits per heavy atom. The second kappa shape index (κ2) is 8.10. The number of thioether (sulfide) groups is 1. The van der Waals surface area contributed by atoms with Crippen LogP contribution in [0.1, 0.15) is 32.0 Å². The SMILES string of the molecule is Cc1nc(-c2ccnc(Nc3cnn(C)c3)n2)ccc1CN1C=CSC1C(C)(C)C. The second-order valence-electron chi connectivity index (χ2n) is 8.55. The summed E-state index contributed by atoms with van der Waals surface area (Å²) < 4.78 is 1.73. The minimum absolute atomic E-state index is 0.202. The molecule has 0 fully saturated rings. The van der Waals surface area contributed by atoms with Crippen molar-refractivity contribution in [2.24, 2.45) is 12.5 Å². The van der Waals surface area contributed by atoms with Gasteiger partial charge in [0.15, 0.2) is 0 Å². The van der Waals surface area contributed by atoms with E-state index in [-0.39, 0.29) is 5.41 Å². The van der Waals surface area contributed by atoms with E-state index >= 15 is 0 Å². The van der Waals surface area contributed by atoms with E-state index < -0.39 is 0 Å². The van der Waals surface area contributed by atoms with Crippen molar-refractivity contribution in [3.05, 3.63) is 59.7 Å². The second-order valence-corrected chi connectivity index (χ2v) is 9.54. The molecule has 0 saturated heterocycles. The van der Waals surface area contributed by atoms with Gasteiger partial charge in [-0.3, -0.25) is 9.67 Å². The summed E-state index contributed by atoms with van der Waals surface area (Å²) in [5.74, 6) is 0.524. The fourth-order valence-electron chi connectivity index (χ4n) is 3.45. The molecule has 3 aromatic heterocycles. The number of anilines is 2. The van der Waals surface area contributed by atoms with Gasteiger partial charge in [-0.1, -0.05) is 26.8 Å². The van der Waals surface area contributed by atoms with Crippen LogP contribution in [0.2, 0.25) is 0 Å². The maximum absolute atomic E-state index is 4.83. The van der Waals surface area contributed by atoms with Gasteiger partial charge in [0.2, 0.25) is 5.95 Å². The molecule has 4 heterocycles. The molecule has 0 aromatic carbocycles. The molecule has 3 aromatic rings. The Bertz CT molecular complexity index is 1070. The predicted octanol–water partition coefficient (Wildman–Crippen LogP) is 4.72. The minimum atomic E-state index is 0.202. The van der Waals surface area contributed by atoms with Gasteiger partial charge >= 0.3 is 0 Å². The molecule has 156 valence electrons. The number of hydrogen-bond donors (Lipinski definition) is 1. The normalized spacial score (nSPS) is 16.3. The largest absolute Gasteiger partial charge is 0.360 e. The number of nitrogens with zero attached hydrogens (tertiary/aromatic N) is 6. The molecule has 8 heteroatoms. The van der Waals surface area contributed by atoms with Crippen LogP contribution in [0.3, 0.4) is 0 Å². The van der Waals surface area contributed by atoms with E-state index in [0.717, 1.165) is 29.3 Å².